The van der Waals surface area contributed by atoms with Crippen molar-refractivity contribution in [2.24, 2.45) is 5.92 Å². The number of unbranched alkanes of at least 4 members (excludes halogenated alkanes) is 1. The molecule has 0 aromatic carbocycles. The first kappa shape index (κ1) is 12.6. The number of hydrogen-bond acceptors (Lipinski definition) is 1. The van der Waals surface area contributed by atoms with Gasteiger partial charge in [-0.25, -0.2) is 0 Å². The molecule has 1 fully saturated rings. The van der Waals surface area contributed by atoms with Crippen molar-refractivity contribution in [3.63, 3.8) is 0 Å². The summed E-state index contributed by atoms with van der Waals surface area (Å²) in [5.74, 6) is 7.32. The first-order valence-corrected chi connectivity index (χ1v) is 6.54. The lowest BCUT2D eigenvalue weighted by atomic mass is 9.95. The molecule has 0 N–H and O–H groups in total. The molecule has 1 aliphatic heterocycles. The van der Waals surface area contributed by atoms with Gasteiger partial charge in [0.05, 0.1) is 0 Å². The molecule has 86 valence electrons. The molecule has 0 radical (unpaired) electrons. The minimum absolute atomic E-state index is 0.959. The molecule has 1 atom stereocenters. The Morgan fingerprint density at radius 1 is 1.27 bits per heavy atom. The van der Waals surface area contributed by atoms with E-state index in [-0.39, 0.29) is 0 Å². The number of hydrogen-bond donors (Lipinski definition) is 0. The van der Waals surface area contributed by atoms with Crippen LogP contribution in [0.1, 0.15) is 52.4 Å². The van der Waals surface area contributed by atoms with Crippen molar-refractivity contribution < 1.29 is 0 Å². The van der Waals surface area contributed by atoms with Gasteiger partial charge in [0.1, 0.15) is 0 Å². The van der Waals surface area contributed by atoms with Crippen molar-refractivity contribution in [3.8, 4) is 11.8 Å². The summed E-state index contributed by atoms with van der Waals surface area (Å²) >= 11 is 0. The molecule has 0 saturated carbocycles. The van der Waals surface area contributed by atoms with Gasteiger partial charge in [-0.1, -0.05) is 20.3 Å². The summed E-state index contributed by atoms with van der Waals surface area (Å²) in [6, 6.07) is 0. The van der Waals surface area contributed by atoms with E-state index in [2.05, 4.69) is 30.6 Å². The van der Waals surface area contributed by atoms with Crippen LogP contribution in [0.5, 0.6) is 0 Å². The van der Waals surface area contributed by atoms with Crippen LogP contribution in [0.25, 0.3) is 0 Å². The number of piperidine rings is 1. The number of likely N-dealkylation sites (tertiary alicyclic amines) is 1. The Morgan fingerprint density at radius 3 is 2.87 bits per heavy atom. The largest absolute Gasteiger partial charge is 0.303 e. The summed E-state index contributed by atoms with van der Waals surface area (Å²) in [4.78, 5) is 2.63. The van der Waals surface area contributed by atoms with E-state index in [4.69, 9.17) is 0 Å². The maximum absolute atomic E-state index is 3.22. The van der Waals surface area contributed by atoms with Gasteiger partial charge >= 0.3 is 0 Å². The topological polar surface area (TPSA) is 3.24 Å². The molecule has 0 spiro atoms. The summed E-state index contributed by atoms with van der Waals surface area (Å²) in [5, 5.41) is 0. The molecule has 1 unspecified atom stereocenters. The fourth-order valence-corrected chi connectivity index (χ4v) is 2.29. The molecule has 0 amide bonds. The highest BCUT2D eigenvalue weighted by atomic mass is 15.1. The van der Waals surface area contributed by atoms with E-state index in [1.165, 1.54) is 45.3 Å². The minimum atomic E-state index is 0.959. The van der Waals surface area contributed by atoms with Gasteiger partial charge < -0.3 is 4.90 Å². The average molecular weight is 207 g/mol. The SMILES string of the molecule is CCC#CCCCN1CCCC(CC)C1. The minimum Gasteiger partial charge on any atom is -0.303 e. The van der Waals surface area contributed by atoms with Gasteiger partial charge in [-0.3, -0.25) is 0 Å². The normalized spacial score (nSPS) is 22.1. The fourth-order valence-electron chi connectivity index (χ4n) is 2.29. The van der Waals surface area contributed by atoms with Gasteiger partial charge in [0.15, 0.2) is 0 Å². The Labute approximate surface area is 95.2 Å². The van der Waals surface area contributed by atoms with Gasteiger partial charge in [0.2, 0.25) is 0 Å². The molecule has 0 bridgehead atoms. The summed E-state index contributed by atoms with van der Waals surface area (Å²) in [6.07, 6.45) is 7.54. The molecule has 1 nitrogen and oxygen atoms in total. The third-order valence-corrected chi connectivity index (χ3v) is 3.26. The van der Waals surface area contributed by atoms with Crippen LogP contribution in [0.3, 0.4) is 0 Å². The molecule has 0 aromatic rings. The van der Waals surface area contributed by atoms with Crippen molar-refractivity contribution in [1.82, 2.24) is 4.90 Å². The van der Waals surface area contributed by atoms with E-state index in [9.17, 15) is 0 Å². The van der Waals surface area contributed by atoms with E-state index in [0.717, 1.165) is 18.8 Å². The molecular weight excluding hydrogens is 182 g/mol. The summed E-state index contributed by atoms with van der Waals surface area (Å²) in [5.41, 5.74) is 0. The van der Waals surface area contributed by atoms with Crippen molar-refractivity contribution in [2.75, 3.05) is 19.6 Å². The maximum atomic E-state index is 3.22. The third-order valence-electron chi connectivity index (χ3n) is 3.26. The van der Waals surface area contributed by atoms with E-state index in [0.29, 0.717) is 0 Å². The third kappa shape index (κ3) is 5.23. The van der Waals surface area contributed by atoms with Crippen molar-refractivity contribution >= 4 is 0 Å². The molecule has 0 aromatic heterocycles. The molecule has 1 heterocycles. The Morgan fingerprint density at radius 2 is 2.13 bits per heavy atom. The Balaban J connectivity index is 2.10. The number of nitrogens with zero attached hydrogens (tertiary/aromatic N) is 1. The fraction of sp³-hybridized carbons (Fsp3) is 0.857. The summed E-state index contributed by atoms with van der Waals surface area (Å²) in [7, 11) is 0. The molecule has 1 aliphatic rings. The quantitative estimate of drug-likeness (QED) is 0.505. The lowest BCUT2D eigenvalue weighted by Crippen LogP contribution is -2.35. The number of rotatable bonds is 4. The van der Waals surface area contributed by atoms with E-state index in [1.807, 2.05) is 0 Å². The molecule has 15 heavy (non-hydrogen) atoms. The van der Waals surface area contributed by atoms with Crippen LogP contribution >= 0.6 is 0 Å². The molecular formula is C14H25N. The highest BCUT2D eigenvalue weighted by Gasteiger charge is 2.17. The zero-order valence-corrected chi connectivity index (χ0v) is 10.4. The van der Waals surface area contributed by atoms with Gasteiger partial charge in [-0.05, 0) is 38.3 Å². The van der Waals surface area contributed by atoms with Crippen LogP contribution in [-0.2, 0) is 0 Å². The van der Waals surface area contributed by atoms with Gasteiger partial charge in [-0.15, -0.1) is 11.8 Å². The molecule has 1 saturated heterocycles. The highest BCUT2D eigenvalue weighted by molar-refractivity contribution is 4.97. The van der Waals surface area contributed by atoms with Crippen molar-refractivity contribution in [3.05, 3.63) is 0 Å². The lowest BCUT2D eigenvalue weighted by molar-refractivity contribution is 0.171. The average Bonchev–Trinajstić information content (AvgIpc) is 2.29. The van der Waals surface area contributed by atoms with Crippen LogP contribution in [0.15, 0.2) is 0 Å². The predicted octanol–water partition coefficient (Wildman–Crippen LogP) is 3.30. The maximum Gasteiger partial charge on any atom is 0.0101 e. The zero-order valence-electron chi connectivity index (χ0n) is 10.4. The van der Waals surface area contributed by atoms with Crippen molar-refractivity contribution in [1.29, 1.82) is 0 Å². The van der Waals surface area contributed by atoms with Crippen LogP contribution in [0.2, 0.25) is 0 Å². The monoisotopic (exact) mass is 207 g/mol. The molecule has 1 rings (SSSR count). The van der Waals surface area contributed by atoms with Gasteiger partial charge in [-0.2, -0.15) is 0 Å². The molecule has 0 aliphatic carbocycles. The molecule has 1 heteroatoms. The Bertz CT molecular complexity index is 211. The Hall–Kier alpha value is -0.480. The first-order chi connectivity index (χ1) is 7.36. The van der Waals surface area contributed by atoms with E-state index >= 15 is 0 Å². The highest BCUT2D eigenvalue weighted by Crippen LogP contribution is 2.19. The van der Waals surface area contributed by atoms with E-state index in [1.54, 1.807) is 0 Å². The van der Waals surface area contributed by atoms with Crippen molar-refractivity contribution in [2.45, 2.75) is 52.4 Å². The van der Waals surface area contributed by atoms with Crippen LogP contribution < -0.4 is 0 Å². The van der Waals surface area contributed by atoms with Crippen LogP contribution in [-0.4, -0.2) is 24.5 Å². The summed E-state index contributed by atoms with van der Waals surface area (Å²) < 4.78 is 0. The Kier molecular flexibility index (Phi) is 6.52. The van der Waals surface area contributed by atoms with Gasteiger partial charge in [0.25, 0.3) is 0 Å². The zero-order chi connectivity index (χ0) is 10.9. The van der Waals surface area contributed by atoms with Crippen LogP contribution in [0.4, 0.5) is 0 Å². The second kappa shape index (κ2) is 7.77. The predicted molar refractivity (Wildman–Crippen MR) is 66.8 cm³/mol. The standard InChI is InChI=1S/C14H25N/c1-3-5-6-7-8-11-15-12-9-10-14(4-2)13-15/h14H,3-4,7-13H2,1-2H3. The smallest absolute Gasteiger partial charge is 0.0101 e. The van der Waals surface area contributed by atoms with Crippen LogP contribution in [0, 0.1) is 17.8 Å². The second-order valence-electron chi connectivity index (χ2n) is 4.53. The van der Waals surface area contributed by atoms with E-state index < -0.39 is 0 Å². The second-order valence-corrected chi connectivity index (χ2v) is 4.53. The lowest BCUT2D eigenvalue weighted by Gasteiger charge is -2.32. The van der Waals surface area contributed by atoms with Gasteiger partial charge in [0, 0.05) is 19.4 Å². The first-order valence-electron chi connectivity index (χ1n) is 6.54. The summed E-state index contributed by atoms with van der Waals surface area (Å²) in [6.45, 7) is 8.34.